The van der Waals surface area contributed by atoms with Gasteiger partial charge in [-0.15, -0.1) is 0 Å². The Morgan fingerprint density at radius 1 is 1.47 bits per heavy atom. The van der Waals surface area contributed by atoms with Crippen molar-refractivity contribution in [2.45, 2.75) is 26.7 Å². The Hall–Kier alpha value is -1.54. The molecule has 2 unspecified atom stereocenters. The Balaban J connectivity index is 2.27. The molecule has 0 spiro atoms. The zero-order valence-corrected chi connectivity index (χ0v) is 9.12. The Labute approximate surface area is 90.5 Å². The van der Waals surface area contributed by atoms with Gasteiger partial charge in [0.25, 0.3) is 0 Å². The summed E-state index contributed by atoms with van der Waals surface area (Å²) in [6, 6.07) is 3.85. The van der Waals surface area contributed by atoms with Crippen LogP contribution in [0.1, 0.15) is 26.7 Å². The van der Waals surface area contributed by atoms with Crippen molar-refractivity contribution in [3.05, 3.63) is 23.3 Å². The molecule has 0 aliphatic heterocycles. The Kier molecular flexibility index (Phi) is 2.16. The molecule has 2 atom stereocenters. The van der Waals surface area contributed by atoms with Crippen LogP contribution >= 0.6 is 0 Å². The molecule has 76 valence electrons. The van der Waals surface area contributed by atoms with Crippen LogP contribution in [-0.4, -0.2) is 0 Å². The molecular weight excluding hydrogens is 184 g/mol. The monoisotopic (exact) mass is 198 g/mol. The molecule has 2 heteroatoms. The lowest BCUT2D eigenvalue weighted by atomic mass is 9.49. The molecule has 3 aliphatic rings. The van der Waals surface area contributed by atoms with Crippen molar-refractivity contribution in [2.75, 3.05) is 0 Å². The van der Waals surface area contributed by atoms with Crippen LogP contribution in [0.2, 0.25) is 0 Å². The molecule has 0 aromatic rings. The highest BCUT2D eigenvalue weighted by atomic mass is 14.5. The van der Waals surface area contributed by atoms with Crippen LogP contribution in [0.15, 0.2) is 23.3 Å². The molecule has 0 aromatic carbocycles. The van der Waals surface area contributed by atoms with Crippen molar-refractivity contribution >= 4 is 0 Å². The number of hydrogen-bond acceptors (Lipinski definition) is 2. The van der Waals surface area contributed by atoms with E-state index in [-0.39, 0.29) is 5.57 Å². The summed E-state index contributed by atoms with van der Waals surface area (Å²) >= 11 is 0. The molecule has 2 nitrogen and oxygen atoms in total. The Morgan fingerprint density at radius 3 is 2.60 bits per heavy atom. The lowest BCUT2D eigenvalue weighted by Gasteiger charge is -2.56. The summed E-state index contributed by atoms with van der Waals surface area (Å²) in [5, 5.41) is 17.4. The first-order chi connectivity index (χ1) is 7.09. The maximum absolute atomic E-state index is 8.72. The molecule has 15 heavy (non-hydrogen) atoms. The van der Waals surface area contributed by atoms with Crippen LogP contribution in [-0.2, 0) is 0 Å². The molecule has 0 saturated heterocycles. The number of rotatable bonds is 1. The molecule has 0 amide bonds. The molecule has 2 bridgehead atoms. The van der Waals surface area contributed by atoms with Crippen molar-refractivity contribution in [1.82, 2.24) is 0 Å². The molecular formula is C13H14N2. The van der Waals surface area contributed by atoms with E-state index in [1.54, 1.807) is 6.08 Å². The molecule has 3 rings (SSSR count). The zero-order chi connectivity index (χ0) is 11.1. The highest BCUT2D eigenvalue weighted by Crippen LogP contribution is 2.59. The summed E-state index contributed by atoms with van der Waals surface area (Å²) in [5.41, 5.74) is 1.78. The fourth-order valence-corrected chi connectivity index (χ4v) is 2.82. The summed E-state index contributed by atoms with van der Waals surface area (Å²) in [6.07, 6.45) is 6.28. The van der Waals surface area contributed by atoms with Gasteiger partial charge in [-0.25, -0.2) is 0 Å². The third kappa shape index (κ3) is 1.38. The smallest absolute Gasteiger partial charge is 0.129 e. The quantitative estimate of drug-likeness (QED) is 0.608. The van der Waals surface area contributed by atoms with Crippen molar-refractivity contribution in [1.29, 1.82) is 10.5 Å². The number of allylic oxidation sites excluding steroid dienone is 4. The standard InChI is InChI=1S/C13H14N2/c1-13(2)11-4-3-10(12(13)6-11)5-9(7-14)8-15/h3,5,11-12H,4,6H2,1-2H3. The van der Waals surface area contributed by atoms with E-state index in [2.05, 4.69) is 19.9 Å². The fourth-order valence-electron chi connectivity index (χ4n) is 2.82. The fraction of sp³-hybridized carbons (Fsp3) is 0.538. The molecule has 0 radical (unpaired) electrons. The SMILES string of the molecule is CC1(C)C2CC=C(C=C(C#N)C#N)C1C2. The maximum atomic E-state index is 8.72. The highest BCUT2D eigenvalue weighted by molar-refractivity contribution is 5.44. The average molecular weight is 198 g/mol. The van der Waals surface area contributed by atoms with Gasteiger partial charge >= 0.3 is 0 Å². The number of hydrogen-bond donors (Lipinski definition) is 0. The summed E-state index contributed by atoms with van der Waals surface area (Å²) in [7, 11) is 0. The third-order valence-corrected chi connectivity index (χ3v) is 4.06. The van der Waals surface area contributed by atoms with Gasteiger partial charge < -0.3 is 0 Å². The molecule has 0 N–H and O–H groups in total. The first-order valence-corrected chi connectivity index (χ1v) is 5.31. The van der Waals surface area contributed by atoms with Crippen LogP contribution in [0.5, 0.6) is 0 Å². The predicted molar refractivity (Wildman–Crippen MR) is 57.4 cm³/mol. The second-order valence-corrected chi connectivity index (χ2v) is 5.03. The average Bonchev–Trinajstić information content (AvgIpc) is 2.25. The second kappa shape index (κ2) is 3.24. The maximum Gasteiger partial charge on any atom is 0.129 e. The Bertz CT molecular complexity index is 410. The predicted octanol–water partition coefficient (Wildman–Crippen LogP) is 2.95. The van der Waals surface area contributed by atoms with Gasteiger partial charge in [0, 0.05) is 0 Å². The molecule has 1 fully saturated rings. The van der Waals surface area contributed by atoms with E-state index in [4.69, 9.17) is 10.5 Å². The van der Waals surface area contributed by atoms with Crippen LogP contribution in [0.3, 0.4) is 0 Å². The van der Waals surface area contributed by atoms with E-state index >= 15 is 0 Å². The second-order valence-electron chi connectivity index (χ2n) is 5.03. The lowest BCUT2D eigenvalue weighted by Crippen LogP contribution is -2.47. The minimum absolute atomic E-state index is 0.224. The van der Waals surface area contributed by atoms with E-state index in [0.717, 1.165) is 12.3 Å². The number of fused-ring (bicyclic) bond motifs is 1. The van der Waals surface area contributed by atoms with E-state index in [0.29, 0.717) is 11.3 Å². The van der Waals surface area contributed by atoms with Gasteiger partial charge in [-0.3, -0.25) is 0 Å². The highest BCUT2D eigenvalue weighted by Gasteiger charge is 2.50. The normalized spacial score (nSPS) is 30.3. The van der Waals surface area contributed by atoms with Gasteiger partial charge in [0.05, 0.1) is 0 Å². The van der Waals surface area contributed by atoms with Gasteiger partial charge in [-0.2, -0.15) is 10.5 Å². The van der Waals surface area contributed by atoms with E-state index < -0.39 is 0 Å². The van der Waals surface area contributed by atoms with E-state index in [1.165, 1.54) is 12.0 Å². The van der Waals surface area contributed by atoms with Crippen molar-refractivity contribution in [2.24, 2.45) is 17.3 Å². The third-order valence-electron chi connectivity index (χ3n) is 4.06. The first-order valence-electron chi connectivity index (χ1n) is 5.31. The van der Waals surface area contributed by atoms with Gasteiger partial charge in [0.2, 0.25) is 0 Å². The summed E-state index contributed by atoms with van der Waals surface area (Å²) in [6.45, 7) is 4.57. The van der Waals surface area contributed by atoms with Crippen molar-refractivity contribution < 1.29 is 0 Å². The largest absolute Gasteiger partial charge is 0.192 e. The van der Waals surface area contributed by atoms with Crippen LogP contribution in [0, 0.1) is 39.9 Å². The van der Waals surface area contributed by atoms with E-state index in [1.807, 2.05) is 12.1 Å². The molecule has 0 heterocycles. The zero-order valence-electron chi connectivity index (χ0n) is 9.12. The summed E-state index contributed by atoms with van der Waals surface area (Å²) in [5.74, 6) is 1.35. The van der Waals surface area contributed by atoms with Gasteiger partial charge in [0.15, 0.2) is 0 Å². The number of nitrogens with zero attached hydrogens (tertiary/aromatic N) is 2. The Morgan fingerprint density at radius 2 is 2.13 bits per heavy atom. The summed E-state index contributed by atoms with van der Waals surface area (Å²) < 4.78 is 0. The van der Waals surface area contributed by atoms with Gasteiger partial charge in [-0.1, -0.05) is 19.9 Å². The van der Waals surface area contributed by atoms with Crippen LogP contribution in [0.25, 0.3) is 0 Å². The van der Waals surface area contributed by atoms with Crippen LogP contribution in [0.4, 0.5) is 0 Å². The number of nitriles is 2. The summed E-state index contributed by atoms with van der Waals surface area (Å²) in [4.78, 5) is 0. The first kappa shape index (κ1) is 9.99. The minimum Gasteiger partial charge on any atom is -0.192 e. The van der Waals surface area contributed by atoms with Crippen molar-refractivity contribution in [3.8, 4) is 12.1 Å². The molecule has 3 aliphatic carbocycles. The van der Waals surface area contributed by atoms with Gasteiger partial charge in [-0.05, 0) is 41.7 Å². The molecule has 0 aromatic heterocycles. The molecule has 1 saturated carbocycles. The lowest BCUT2D eigenvalue weighted by molar-refractivity contribution is -0.00331. The van der Waals surface area contributed by atoms with E-state index in [9.17, 15) is 0 Å². The van der Waals surface area contributed by atoms with Gasteiger partial charge in [0.1, 0.15) is 17.7 Å². The topological polar surface area (TPSA) is 47.6 Å². The van der Waals surface area contributed by atoms with Crippen molar-refractivity contribution in [3.63, 3.8) is 0 Å². The van der Waals surface area contributed by atoms with Crippen LogP contribution < -0.4 is 0 Å². The minimum atomic E-state index is 0.224.